The fourth-order valence-corrected chi connectivity index (χ4v) is 3.71. The molecule has 2 aromatic carbocycles. The third-order valence-corrected chi connectivity index (χ3v) is 4.97. The lowest BCUT2D eigenvalue weighted by Crippen LogP contribution is -2.23. The Hall–Kier alpha value is -1.86. The van der Waals surface area contributed by atoms with Crippen molar-refractivity contribution in [2.75, 3.05) is 18.2 Å². The average molecular weight is 398 g/mol. The molecule has 122 valence electrons. The van der Waals surface area contributed by atoms with E-state index in [0.29, 0.717) is 17.0 Å². The second-order valence-corrected chi connectivity index (χ2v) is 7.92. The molecule has 0 saturated carbocycles. The molecule has 0 aliphatic carbocycles. The van der Waals surface area contributed by atoms with Crippen LogP contribution < -0.4 is 10.1 Å². The normalized spacial score (nSPS) is 11.0. The number of amides is 1. The van der Waals surface area contributed by atoms with E-state index in [2.05, 4.69) is 21.2 Å². The number of benzene rings is 2. The Morgan fingerprint density at radius 1 is 1.17 bits per heavy atom. The van der Waals surface area contributed by atoms with Gasteiger partial charge in [0, 0.05) is 10.2 Å². The van der Waals surface area contributed by atoms with Gasteiger partial charge in [0.1, 0.15) is 11.5 Å². The molecule has 0 aliphatic rings. The summed E-state index contributed by atoms with van der Waals surface area (Å²) in [6.07, 6.45) is 0. The van der Waals surface area contributed by atoms with Gasteiger partial charge in [-0.2, -0.15) is 0 Å². The molecule has 7 heteroatoms. The quantitative estimate of drug-likeness (QED) is 0.812. The average Bonchev–Trinajstić information content (AvgIpc) is 2.46. The Morgan fingerprint density at radius 2 is 1.87 bits per heavy atom. The predicted octanol–water partition coefficient (Wildman–Crippen LogP) is 3.01. The summed E-state index contributed by atoms with van der Waals surface area (Å²) in [5.41, 5.74) is 1.16. The predicted molar refractivity (Wildman–Crippen MR) is 93.3 cm³/mol. The summed E-state index contributed by atoms with van der Waals surface area (Å²) >= 11 is 3.29. The SMILES string of the molecule is COc1ccc(NC(=O)CS(=O)(=O)Cc2cccc(Br)c2)cc1. The van der Waals surface area contributed by atoms with E-state index in [9.17, 15) is 13.2 Å². The first-order chi connectivity index (χ1) is 10.9. The Kier molecular flexibility index (Phi) is 5.79. The molecule has 1 N–H and O–H groups in total. The van der Waals surface area contributed by atoms with E-state index in [4.69, 9.17) is 4.74 Å². The maximum atomic E-state index is 12.1. The molecule has 2 rings (SSSR count). The first-order valence-corrected chi connectivity index (χ1v) is 9.38. The Balaban J connectivity index is 1.97. The van der Waals surface area contributed by atoms with Gasteiger partial charge in [-0.05, 0) is 42.0 Å². The zero-order valence-electron chi connectivity index (χ0n) is 12.5. The highest BCUT2D eigenvalue weighted by atomic mass is 79.9. The van der Waals surface area contributed by atoms with Crippen LogP contribution in [0.1, 0.15) is 5.56 Å². The van der Waals surface area contributed by atoms with E-state index in [1.165, 1.54) is 0 Å². The summed E-state index contributed by atoms with van der Waals surface area (Å²) in [4.78, 5) is 11.9. The van der Waals surface area contributed by atoms with Crippen LogP contribution in [0.5, 0.6) is 5.75 Å². The lowest BCUT2D eigenvalue weighted by atomic mass is 10.2. The van der Waals surface area contributed by atoms with E-state index in [1.54, 1.807) is 49.6 Å². The number of methoxy groups -OCH3 is 1. The van der Waals surface area contributed by atoms with E-state index in [-0.39, 0.29) is 5.75 Å². The minimum absolute atomic E-state index is 0.178. The van der Waals surface area contributed by atoms with Crippen molar-refractivity contribution >= 4 is 37.4 Å². The molecule has 0 aromatic heterocycles. The van der Waals surface area contributed by atoms with Gasteiger partial charge in [-0.1, -0.05) is 28.1 Å². The summed E-state index contributed by atoms with van der Waals surface area (Å²) in [6.45, 7) is 0. The van der Waals surface area contributed by atoms with Crippen LogP contribution >= 0.6 is 15.9 Å². The maximum Gasteiger partial charge on any atom is 0.239 e. The first-order valence-electron chi connectivity index (χ1n) is 6.77. The minimum atomic E-state index is -3.54. The zero-order chi connectivity index (χ0) is 16.9. The monoisotopic (exact) mass is 397 g/mol. The topological polar surface area (TPSA) is 72.5 Å². The van der Waals surface area contributed by atoms with Crippen LogP contribution in [0.2, 0.25) is 0 Å². The van der Waals surface area contributed by atoms with Crippen molar-refractivity contribution in [2.45, 2.75) is 5.75 Å². The number of sulfone groups is 1. The second-order valence-electron chi connectivity index (χ2n) is 4.94. The molecule has 0 aliphatic heterocycles. The third kappa shape index (κ3) is 5.69. The number of carbonyl (C=O) groups excluding carboxylic acids is 1. The summed E-state index contributed by atoms with van der Waals surface area (Å²) < 4.78 is 30.0. The lowest BCUT2D eigenvalue weighted by molar-refractivity contribution is -0.113. The molecule has 23 heavy (non-hydrogen) atoms. The molecule has 0 spiro atoms. The van der Waals surface area contributed by atoms with E-state index < -0.39 is 21.5 Å². The van der Waals surface area contributed by atoms with E-state index in [0.717, 1.165) is 4.47 Å². The molecule has 0 bridgehead atoms. The highest BCUT2D eigenvalue weighted by Crippen LogP contribution is 2.16. The number of nitrogens with one attached hydrogen (secondary N) is 1. The van der Waals surface area contributed by atoms with Crippen LogP contribution in [-0.4, -0.2) is 27.2 Å². The lowest BCUT2D eigenvalue weighted by Gasteiger charge is -2.07. The smallest absolute Gasteiger partial charge is 0.239 e. The van der Waals surface area contributed by atoms with Gasteiger partial charge in [-0.15, -0.1) is 0 Å². The van der Waals surface area contributed by atoms with Gasteiger partial charge in [0.2, 0.25) is 5.91 Å². The Bertz CT molecular complexity index is 788. The molecular weight excluding hydrogens is 382 g/mol. The fourth-order valence-electron chi connectivity index (χ4n) is 2.00. The van der Waals surface area contributed by atoms with Crippen molar-refractivity contribution in [1.29, 1.82) is 0 Å². The number of carbonyl (C=O) groups is 1. The van der Waals surface area contributed by atoms with Crippen LogP contribution in [0.4, 0.5) is 5.69 Å². The summed E-state index contributed by atoms with van der Waals surface area (Å²) in [6, 6.07) is 13.7. The molecule has 0 fully saturated rings. The van der Waals surface area contributed by atoms with E-state index in [1.807, 2.05) is 6.07 Å². The minimum Gasteiger partial charge on any atom is -0.497 e. The van der Waals surface area contributed by atoms with Crippen molar-refractivity contribution in [3.8, 4) is 5.75 Å². The zero-order valence-corrected chi connectivity index (χ0v) is 14.9. The molecule has 0 heterocycles. The van der Waals surface area contributed by atoms with Crippen LogP contribution in [0.25, 0.3) is 0 Å². The van der Waals surface area contributed by atoms with Gasteiger partial charge in [-0.25, -0.2) is 8.42 Å². The van der Waals surface area contributed by atoms with Crippen LogP contribution in [-0.2, 0) is 20.4 Å². The maximum absolute atomic E-state index is 12.1. The molecule has 1 amide bonds. The van der Waals surface area contributed by atoms with Gasteiger partial charge in [0.05, 0.1) is 12.9 Å². The molecule has 2 aromatic rings. The number of ether oxygens (including phenoxy) is 1. The Labute approximate surface area is 143 Å². The number of hydrogen-bond donors (Lipinski definition) is 1. The van der Waals surface area contributed by atoms with E-state index >= 15 is 0 Å². The van der Waals surface area contributed by atoms with Crippen molar-refractivity contribution in [1.82, 2.24) is 0 Å². The van der Waals surface area contributed by atoms with Crippen molar-refractivity contribution in [3.63, 3.8) is 0 Å². The van der Waals surface area contributed by atoms with Crippen LogP contribution in [0, 0.1) is 0 Å². The molecular formula is C16H16BrNO4S. The number of hydrogen-bond acceptors (Lipinski definition) is 4. The fraction of sp³-hybridized carbons (Fsp3) is 0.188. The van der Waals surface area contributed by atoms with Gasteiger partial charge in [-0.3, -0.25) is 4.79 Å². The molecule has 0 radical (unpaired) electrons. The summed E-state index contributed by atoms with van der Waals surface area (Å²) in [5, 5.41) is 2.56. The number of rotatable bonds is 6. The number of anilines is 1. The first kappa shape index (κ1) is 17.5. The van der Waals surface area contributed by atoms with Crippen LogP contribution in [0.15, 0.2) is 53.0 Å². The standard InChI is InChI=1S/C16H16BrNO4S/c1-22-15-7-5-14(6-8-15)18-16(19)11-23(20,21)10-12-3-2-4-13(17)9-12/h2-9H,10-11H2,1H3,(H,18,19). The third-order valence-electron chi connectivity index (χ3n) is 3.00. The highest BCUT2D eigenvalue weighted by molar-refractivity contribution is 9.10. The molecule has 5 nitrogen and oxygen atoms in total. The number of halogens is 1. The highest BCUT2D eigenvalue weighted by Gasteiger charge is 2.17. The summed E-state index contributed by atoms with van der Waals surface area (Å²) in [7, 11) is -2.00. The molecule has 0 unspecified atom stereocenters. The molecule has 0 saturated heterocycles. The van der Waals surface area contributed by atoms with Crippen molar-refractivity contribution in [3.05, 3.63) is 58.6 Å². The van der Waals surface area contributed by atoms with Crippen molar-refractivity contribution in [2.24, 2.45) is 0 Å². The van der Waals surface area contributed by atoms with Gasteiger partial charge in [0.25, 0.3) is 0 Å². The second kappa shape index (κ2) is 7.61. The Morgan fingerprint density at radius 3 is 2.48 bits per heavy atom. The largest absolute Gasteiger partial charge is 0.497 e. The van der Waals surface area contributed by atoms with Gasteiger partial charge in [0.15, 0.2) is 9.84 Å². The van der Waals surface area contributed by atoms with Gasteiger partial charge < -0.3 is 10.1 Å². The summed E-state index contributed by atoms with van der Waals surface area (Å²) in [5.74, 6) is -0.649. The van der Waals surface area contributed by atoms with Crippen molar-refractivity contribution < 1.29 is 17.9 Å². The molecule has 0 atom stereocenters. The van der Waals surface area contributed by atoms with Gasteiger partial charge >= 0.3 is 0 Å². The van der Waals surface area contributed by atoms with Crippen LogP contribution in [0.3, 0.4) is 0 Å².